The Labute approximate surface area is 130 Å². The molecule has 2 saturated heterocycles. The number of hydrogen-bond acceptors (Lipinski definition) is 3. The molecule has 5 nitrogen and oxygen atoms in total. The molecule has 0 bridgehead atoms. The van der Waals surface area contributed by atoms with E-state index in [4.69, 9.17) is 4.74 Å². The fourth-order valence-corrected chi connectivity index (χ4v) is 5.29. The fourth-order valence-electron chi connectivity index (χ4n) is 5.29. The van der Waals surface area contributed by atoms with Crippen molar-refractivity contribution in [1.29, 1.82) is 0 Å². The third kappa shape index (κ3) is 1.71. The summed E-state index contributed by atoms with van der Waals surface area (Å²) in [5, 5.41) is 2.86. The van der Waals surface area contributed by atoms with Gasteiger partial charge in [-0.05, 0) is 49.9 Å². The Morgan fingerprint density at radius 1 is 1.23 bits per heavy atom. The van der Waals surface area contributed by atoms with Crippen molar-refractivity contribution in [3.05, 3.63) is 0 Å². The van der Waals surface area contributed by atoms with Crippen LogP contribution in [-0.2, 0) is 9.53 Å². The molecule has 0 aromatic rings. The van der Waals surface area contributed by atoms with E-state index in [0.29, 0.717) is 23.3 Å². The summed E-state index contributed by atoms with van der Waals surface area (Å²) in [6, 6.07) is 0. The summed E-state index contributed by atoms with van der Waals surface area (Å²) in [6.07, 6.45) is 6.67. The van der Waals surface area contributed by atoms with Gasteiger partial charge in [0.1, 0.15) is 6.61 Å². The fraction of sp³-hybridized carbons (Fsp3) is 0.882. The Bertz CT molecular complexity index is 548. The zero-order valence-electron chi connectivity index (χ0n) is 13.2. The molecule has 2 heterocycles. The number of amides is 2. The average molecular weight is 304 g/mol. The lowest BCUT2D eigenvalue weighted by Gasteiger charge is -2.61. The summed E-state index contributed by atoms with van der Waals surface area (Å²) < 4.78 is 4.97. The molecule has 3 aliphatic carbocycles. The monoisotopic (exact) mass is 304 g/mol. The summed E-state index contributed by atoms with van der Waals surface area (Å²) in [7, 11) is 0. The van der Waals surface area contributed by atoms with Crippen LogP contribution < -0.4 is 5.32 Å². The largest absolute Gasteiger partial charge is 0.447 e. The average Bonchev–Trinajstić information content (AvgIpc) is 2.94. The molecule has 5 rings (SSSR count). The van der Waals surface area contributed by atoms with E-state index in [0.717, 1.165) is 31.8 Å². The first-order valence-corrected chi connectivity index (χ1v) is 8.65. The Morgan fingerprint density at radius 2 is 1.91 bits per heavy atom. The van der Waals surface area contributed by atoms with Gasteiger partial charge in [0, 0.05) is 24.4 Å². The second-order valence-electron chi connectivity index (χ2n) is 9.04. The number of alkyl carbamates (subject to hydrolysis) is 1. The highest BCUT2D eigenvalue weighted by molar-refractivity contribution is 5.82. The number of cyclic esters (lactones) is 1. The number of likely N-dealkylation sites (tertiary alicyclic amines) is 1. The summed E-state index contributed by atoms with van der Waals surface area (Å²) in [5.74, 6) is 1.32. The maximum Gasteiger partial charge on any atom is 0.407 e. The van der Waals surface area contributed by atoms with Gasteiger partial charge in [0.05, 0.1) is 5.54 Å². The molecular weight excluding hydrogens is 280 g/mol. The smallest absolute Gasteiger partial charge is 0.407 e. The van der Waals surface area contributed by atoms with E-state index in [9.17, 15) is 9.59 Å². The highest BCUT2D eigenvalue weighted by atomic mass is 16.6. The van der Waals surface area contributed by atoms with E-state index in [1.54, 1.807) is 0 Å². The van der Waals surface area contributed by atoms with Crippen LogP contribution in [0.25, 0.3) is 0 Å². The van der Waals surface area contributed by atoms with Gasteiger partial charge >= 0.3 is 6.09 Å². The second-order valence-corrected chi connectivity index (χ2v) is 9.04. The zero-order chi connectivity index (χ0) is 15.2. The van der Waals surface area contributed by atoms with Gasteiger partial charge in [-0.2, -0.15) is 0 Å². The standard InChI is InChI=1S/C17H24N2O3/c1-15(2-3-15)12-6-16(7-12)8-19(9-16)13(20)11-4-17(5-11)10-22-14(21)18-17/h11-12H,2-10H2,1H3,(H,18,21)/t11-,17+. The van der Waals surface area contributed by atoms with Crippen LogP contribution in [0, 0.1) is 22.7 Å². The number of nitrogens with zero attached hydrogens (tertiary/aromatic N) is 1. The van der Waals surface area contributed by atoms with Crippen molar-refractivity contribution in [2.24, 2.45) is 22.7 Å². The predicted molar refractivity (Wildman–Crippen MR) is 79.0 cm³/mol. The highest BCUT2D eigenvalue weighted by Crippen LogP contribution is 2.65. The number of hydrogen-bond donors (Lipinski definition) is 1. The van der Waals surface area contributed by atoms with Crippen LogP contribution in [0.2, 0.25) is 0 Å². The van der Waals surface area contributed by atoms with E-state index >= 15 is 0 Å². The molecule has 0 aromatic carbocycles. The molecule has 2 spiro atoms. The van der Waals surface area contributed by atoms with E-state index in [1.165, 1.54) is 25.7 Å². The number of nitrogens with one attached hydrogen (secondary N) is 1. The maximum atomic E-state index is 12.5. The van der Waals surface area contributed by atoms with Crippen LogP contribution in [0.3, 0.4) is 0 Å². The van der Waals surface area contributed by atoms with E-state index in [-0.39, 0.29) is 17.6 Å². The van der Waals surface area contributed by atoms with Gasteiger partial charge in [0.25, 0.3) is 0 Å². The lowest BCUT2D eigenvalue weighted by molar-refractivity contribution is -0.167. The van der Waals surface area contributed by atoms with E-state index in [2.05, 4.69) is 17.1 Å². The second kappa shape index (κ2) is 3.80. The molecule has 5 heteroatoms. The first kappa shape index (κ1) is 13.2. The summed E-state index contributed by atoms with van der Waals surface area (Å²) in [6.45, 7) is 4.81. The minimum absolute atomic E-state index is 0.0937. The molecule has 2 amide bonds. The first-order valence-electron chi connectivity index (χ1n) is 8.65. The minimum atomic E-state index is -0.331. The summed E-state index contributed by atoms with van der Waals surface area (Å²) in [4.78, 5) is 25.7. The van der Waals surface area contributed by atoms with E-state index < -0.39 is 0 Å². The first-order chi connectivity index (χ1) is 10.4. The SMILES string of the molecule is CC1(C2CC3(C2)CN(C(=O)[C@H]2C[C@]4(COC(=O)N4)C2)C3)CC1. The molecular formula is C17H24N2O3. The summed E-state index contributed by atoms with van der Waals surface area (Å²) in [5.41, 5.74) is 0.886. The molecule has 0 unspecified atom stereocenters. The molecule has 120 valence electrons. The molecule has 5 fully saturated rings. The number of rotatable bonds is 2. The molecule has 22 heavy (non-hydrogen) atoms. The highest BCUT2D eigenvalue weighted by Gasteiger charge is 2.62. The van der Waals surface area contributed by atoms with Crippen LogP contribution >= 0.6 is 0 Å². The van der Waals surface area contributed by atoms with Crippen molar-refractivity contribution in [2.45, 2.75) is 51.0 Å². The number of ether oxygens (including phenoxy) is 1. The molecule has 2 aliphatic heterocycles. The van der Waals surface area contributed by atoms with E-state index in [1.807, 2.05) is 0 Å². The Morgan fingerprint density at radius 3 is 2.45 bits per heavy atom. The molecule has 5 aliphatic rings. The molecule has 0 aromatic heterocycles. The third-order valence-electron chi connectivity index (χ3n) is 7.22. The number of carbonyl (C=O) groups excluding carboxylic acids is 2. The van der Waals surface area contributed by atoms with Crippen molar-refractivity contribution in [3.8, 4) is 0 Å². The quantitative estimate of drug-likeness (QED) is 0.848. The van der Waals surface area contributed by atoms with Crippen LogP contribution in [0.4, 0.5) is 4.79 Å². The van der Waals surface area contributed by atoms with Crippen molar-refractivity contribution in [3.63, 3.8) is 0 Å². The Kier molecular flexibility index (Phi) is 2.28. The van der Waals surface area contributed by atoms with Crippen LogP contribution in [0.5, 0.6) is 0 Å². The van der Waals surface area contributed by atoms with Crippen molar-refractivity contribution in [1.82, 2.24) is 10.2 Å². The molecule has 0 radical (unpaired) electrons. The molecule has 1 N–H and O–H groups in total. The van der Waals surface area contributed by atoms with Gasteiger partial charge in [0.2, 0.25) is 5.91 Å². The van der Waals surface area contributed by atoms with Gasteiger partial charge in [-0.1, -0.05) is 6.92 Å². The summed E-state index contributed by atoms with van der Waals surface area (Å²) >= 11 is 0. The Hall–Kier alpha value is -1.26. The van der Waals surface area contributed by atoms with Gasteiger partial charge in [-0.15, -0.1) is 0 Å². The molecule has 3 saturated carbocycles. The van der Waals surface area contributed by atoms with Crippen molar-refractivity contribution >= 4 is 12.0 Å². The normalized spacial score (nSPS) is 36.1. The van der Waals surface area contributed by atoms with Gasteiger partial charge < -0.3 is 15.0 Å². The van der Waals surface area contributed by atoms with Crippen LogP contribution in [0.15, 0.2) is 0 Å². The predicted octanol–water partition coefficient (Wildman–Crippen LogP) is 1.91. The molecule has 0 atom stereocenters. The van der Waals surface area contributed by atoms with Gasteiger partial charge in [-0.3, -0.25) is 4.79 Å². The number of carbonyl (C=O) groups is 2. The lowest BCUT2D eigenvalue weighted by atomic mass is 9.53. The lowest BCUT2D eigenvalue weighted by Crippen LogP contribution is -2.67. The van der Waals surface area contributed by atoms with Crippen LogP contribution in [-0.4, -0.2) is 42.1 Å². The minimum Gasteiger partial charge on any atom is -0.447 e. The van der Waals surface area contributed by atoms with Gasteiger partial charge in [0.15, 0.2) is 0 Å². The van der Waals surface area contributed by atoms with Crippen molar-refractivity contribution in [2.75, 3.05) is 19.7 Å². The van der Waals surface area contributed by atoms with Gasteiger partial charge in [-0.25, -0.2) is 4.79 Å². The maximum absolute atomic E-state index is 12.5. The van der Waals surface area contributed by atoms with Crippen LogP contribution in [0.1, 0.15) is 45.4 Å². The topological polar surface area (TPSA) is 58.6 Å². The zero-order valence-corrected chi connectivity index (χ0v) is 13.2. The van der Waals surface area contributed by atoms with Crippen molar-refractivity contribution < 1.29 is 14.3 Å². The Balaban J connectivity index is 1.12. The third-order valence-corrected chi connectivity index (χ3v) is 7.22.